The zero-order chi connectivity index (χ0) is 34.9. The van der Waals surface area contributed by atoms with Crippen molar-refractivity contribution >= 4 is 22.7 Å². The molecule has 2 saturated heterocycles. The van der Waals surface area contributed by atoms with Crippen LogP contribution in [0.4, 0.5) is 17.2 Å². The molecule has 0 amide bonds. The lowest BCUT2D eigenvalue weighted by molar-refractivity contribution is -0.0726. The summed E-state index contributed by atoms with van der Waals surface area (Å²) >= 11 is 0. The molecule has 0 unspecified atom stereocenters. The van der Waals surface area contributed by atoms with E-state index in [1.807, 2.05) is 28.8 Å². The lowest BCUT2D eigenvalue weighted by Crippen LogP contribution is -2.62. The van der Waals surface area contributed by atoms with Gasteiger partial charge >= 0.3 is 0 Å². The van der Waals surface area contributed by atoms with Crippen LogP contribution in [0.3, 0.4) is 0 Å². The lowest BCUT2D eigenvalue weighted by Gasteiger charge is -2.49. The fourth-order valence-corrected chi connectivity index (χ4v) is 8.11. The molecule has 50 heavy (non-hydrogen) atoms. The second-order valence-electron chi connectivity index (χ2n) is 14.9. The van der Waals surface area contributed by atoms with Crippen LogP contribution in [0, 0.1) is 5.41 Å². The highest BCUT2D eigenvalue weighted by Gasteiger charge is 2.36. The molecule has 0 aromatic carbocycles. The van der Waals surface area contributed by atoms with E-state index < -0.39 is 6.61 Å². The van der Waals surface area contributed by atoms with Crippen molar-refractivity contribution in [1.82, 2.24) is 33.6 Å². The Morgan fingerprint density at radius 3 is 2.48 bits per heavy atom. The molecular formula is C37H43N9O4. The number of aliphatic hydroxyl groups excluding tert-OH is 1. The average molecular weight is 678 g/mol. The van der Waals surface area contributed by atoms with Gasteiger partial charge in [-0.15, -0.1) is 0 Å². The van der Waals surface area contributed by atoms with Crippen molar-refractivity contribution in [3.05, 3.63) is 92.8 Å². The van der Waals surface area contributed by atoms with E-state index in [4.69, 9.17) is 4.74 Å². The number of fused-ring (bicyclic) bond motifs is 3. The van der Waals surface area contributed by atoms with E-state index in [0.29, 0.717) is 51.8 Å². The number of nitrogens with one attached hydrogen (secondary N) is 1. The van der Waals surface area contributed by atoms with Crippen molar-refractivity contribution < 1.29 is 9.84 Å². The van der Waals surface area contributed by atoms with Crippen LogP contribution >= 0.6 is 0 Å². The molecule has 13 heteroatoms. The van der Waals surface area contributed by atoms with Gasteiger partial charge in [-0.25, -0.2) is 9.97 Å². The van der Waals surface area contributed by atoms with E-state index in [2.05, 4.69) is 57.9 Å². The highest BCUT2D eigenvalue weighted by atomic mass is 16.5. The van der Waals surface area contributed by atoms with Gasteiger partial charge in [-0.05, 0) is 73.6 Å². The van der Waals surface area contributed by atoms with Crippen LogP contribution in [-0.2, 0) is 31.2 Å². The summed E-state index contributed by atoms with van der Waals surface area (Å²) in [4.78, 5) is 41.2. The number of rotatable bonds is 7. The van der Waals surface area contributed by atoms with Crippen molar-refractivity contribution in [1.29, 1.82) is 0 Å². The van der Waals surface area contributed by atoms with Gasteiger partial charge in [0.25, 0.3) is 11.1 Å². The number of hydrogen-bond acceptors (Lipinski definition) is 10. The highest BCUT2D eigenvalue weighted by Crippen LogP contribution is 2.37. The molecule has 7 heterocycles. The standard InChI is InChI=1S/C37H43N9O4/c1-22-15-43(27-19-50-20-27)16-23(2)45(22)26-6-7-33(39-14-26)41-30-10-25(17-42(5)35(30)48)28-8-9-38-34(29(28)18-47)46-36(49)31-11-24-12-37(3,4)13-32(24)44(31)21-40-46/h6-11,14,17,21-23,27,47H,12-13,15-16,18-20H2,1-5H3,(H,39,41)/t22-,23-/m0/s1. The Balaban J connectivity index is 1.08. The molecule has 13 nitrogen and oxygen atoms in total. The summed E-state index contributed by atoms with van der Waals surface area (Å²) in [6.07, 6.45) is 8.57. The average Bonchev–Trinajstić information content (AvgIpc) is 3.54. The summed E-state index contributed by atoms with van der Waals surface area (Å²) in [6.45, 7) is 12.1. The fourth-order valence-electron chi connectivity index (χ4n) is 8.11. The molecule has 0 spiro atoms. The Labute approximate surface area is 289 Å². The van der Waals surface area contributed by atoms with Gasteiger partial charge in [-0.3, -0.25) is 18.9 Å². The predicted molar refractivity (Wildman–Crippen MR) is 191 cm³/mol. The molecular weight excluding hydrogens is 634 g/mol. The zero-order valence-electron chi connectivity index (χ0n) is 29.1. The zero-order valence-corrected chi connectivity index (χ0v) is 29.1. The van der Waals surface area contributed by atoms with E-state index in [1.165, 1.54) is 9.25 Å². The molecule has 5 aromatic heterocycles. The predicted octanol–water partition coefficient (Wildman–Crippen LogP) is 3.30. The number of anilines is 3. The van der Waals surface area contributed by atoms with Gasteiger partial charge in [-0.1, -0.05) is 13.8 Å². The van der Waals surface area contributed by atoms with Crippen molar-refractivity contribution in [2.24, 2.45) is 12.5 Å². The maximum absolute atomic E-state index is 13.8. The van der Waals surface area contributed by atoms with Gasteiger partial charge in [0.15, 0.2) is 5.82 Å². The molecule has 2 atom stereocenters. The number of pyridine rings is 3. The molecule has 0 radical (unpaired) electrons. The number of aromatic nitrogens is 6. The smallest absolute Gasteiger partial charge is 0.297 e. The third-order valence-corrected chi connectivity index (χ3v) is 10.5. The molecule has 2 aliphatic heterocycles. The summed E-state index contributed by atoms with van der Waals surface area (Å²) in [7, 11) is 1.68. The van der Waals surface area contributed by atoms with Crippen LogP contribution in [0.1, 0.15) is 44.5 Å². The van der Waals surface area contributed by atoms with E-state index in [1.54, 1.807) is 37.9 Å². The Morgan fingerprint density at radius 1 is 1.02 bits per heavy atom. The number of nitrogens with zero attached hydrogens (tertiary/aromatic N) is 8. The number of ether oxygens (including phenoxy) is 1. The first-order chi connectivity index (χ1) is 24.0. The summed E-state index contributed by atoms with van der Waals surface area (Å²) in [5.74, 6) is 0.781. The topological polar surface area (TPSA) is 135 Å². The molecule has 1 aliphatic carbocycles. The molecule has 3 aliphatic rings. The summed E-state index contributed by atoms with van der Waals surface area (Å²) in [5, 5.41) is 18.4. The monoisotopic (exact) mass is 677 g/mol. The van der Waals surface area contributed by atoms with Gasteiger partial charge in [0.05, 0.1) is 37.7 Å². The first kappa shape index (κ1) is 32.4. The third kappa shape index (κ3) is 5.49. The number of aryl methyl sites for hydroxylation is 1. The van der Waals surface area contributed by atoms with E-state index in [9.17, 15) is 14.7 Å². The molecule has 5 aromatic rings. The Morgan fingerprint density at radius 2 is 1.80 bits per heavy atom. The maximum Gasteiger partial charge on any atom is 0.297 e. The SMILES string of the molecule is C[C@H]1CN(C2COC2)C[C@H](C)N1c1ccc(Nc2cc(-c3ccnc(-n4ncn5c6c(cc5c4=O)CC(C)(C)C6)c3CO)cn(C)c2=O)nc1. The van der Waals surface area contributed by atoms with Crippen LogP contribution in [-0.4, -0.2) is 83.2 Å². The van der Waals surface area contributed by atoms with Gasteiger partial charge in [0, 0.05) is 61.4 Å². The summed E-state index contributed by atoms with van der Waals surface area (Å²) in [6, 6.07) is 10.5. The quantitative estimate of drug-likeness (QED) is 0.264. The van der Waals surface area contributed by atoms with Gasteiger partial charge in [0.2, 0.25) is 0 Å². The second kappa shape index (κ2) is 12.2. The van der Waals surface area contributed by atoms with E-state index >= 15 is 0 Å². The minimum atomic E-state index is -0.391. The van der Waals surface area contributed by atoms with Crippen LogP contribution in [0.25, 0.3) is 22.5 Å². The van der Waals surface area contributed by atoms with Crippen LogP contribution < -0.4 is 21.3 Å². The fraction of sp³-hybridized carbons (Fsp3) is 0.432. The molecule has 260 valence electrons. The number of hydrogen-bond donors (Lipinski definition) is 2. The summed E-state index contributed by atoms with van der Waals surface area (Å²) < 4.78 is 10.0. The molecule has 8 rings (SSSR count). The second-order valence-corrected chi connectivity index (χ2v) is 14.9. The van der Waals surface area contributed by atoms with Crippen LogP contribution in [0.15, 0.2) is 64.8 Å². The van der Waals surface area contributed by atoms with Gasteiger partial charge < -0.3 is 24.6 Å². The first-order valence-corrected chi connectivity index (χ1v) is 17.3. The van der Waals surface area contributed by atoms with Crippen molar-refractivity contribution in [2.75, 3.05) is 36.5 Å². The molecule has 0 saturated carbocycles. The van der Waals surface area contributed by atoms with E-state index in [-0.39, 0.29) is 22.4 Å². The Bertz CT molecular complexity index is 2210. The molecule has 2 N–H and O–H groups in total. The Kier molecular flexibility index (Phi) is 7.88. The first-order valence-electron chi connectivity index (χ1n) is 17.3. The number of piperazine rings is 1. The van der Waals surface area contributed by atoms with Crippen LogP contribution in [0.2, 0.25) is 0 Å². The minimum absolute atomic E-state index is 0.141. The summed E-state index contributed by atoms with van der Waals surface area (Å²) in [5.41, 5.74) is 5.48. The van der Waals surface area contributed by atoms with Crippen LogP contribution in [0.5, 0.6) is 0 Å². The van der Waals surface area contributed by atoms with Crippen molar-refractivity contribution in [3.8, 4) is 16.9 Å². The third-order valence-electron chi connectivity index (χ3n) is 10.5. The maximum atomic E-state index is 13.8. The van der Waals surface area contributed by atoms with Gasteiger partial charge in [0.1, 0.15) is 23.3 Å². The highest BCUT2D eigenvalue weighted by molar-refractivity contribution is 5.73. The Hall–Kier alpha value is -4.85. The van der Waals surface area contributed by atoms with E-state index in [0.717, 1.165) is 56.1 Å². The lowest BCUT2D eigenvalue weighted by atomic mass is 9.90. The van der Waals surface area contributed by atoms with Gasteiger partial charge in [-0.2, -0.15) is 9.78 Å². The number of aliphatic hydroxyl groups is 1. The minimum Gasteiger partial charge on any atom is -0.392 e. The normalized spacial score (nSPS) is 20.6. The molecule has 2 fully saturated rings. The van der Waals surface area contributed by atoms with Crippen molar-refractivity contribution in [2.45, 2.75) is 65.3 Å². The molecule has 0 bridgehead atoms. The largest absolute Gasteiger partial charge is 0.392 e. The van der Waals surface area contributed by atoms with Crippen molar-refractivity contribution in [3.63, 3.8) is 0 Å².